The molecule has 0 N–H and O–H groups in total. The van der Waals surface area contributed by atoms with E-state index in [0.29, 0.717) is 23.6 Å². The third-order valence-electron chi connectivity index (χ3n) is 1.28. The van der Waals surface area contributed by atoms with Gasteiger partial charge in [0.2, 0.25) is 5.88 Å². The number of methoxy groups -OCH3 is 1. The lowest BCUT2D eigenvalue weighted by Crippen LogP contribution is -1.97. The first kappa shape index (κ1) is 7.65. The fraction of sp³-hybridized carbons (Fsp3) is 0.286. The van der Waals surface area contributed by atoms with Gasteiger partial charge in [0.25, 0.3) is 0 Å². The van der Waals surface area contributed by atoms with Gasteiger partial charge in [0.1, 0.15) is 5.69 Å². The van der Waals surface area contributed by atoms with Crippen molar-refractivity contribution in [2.75, 3.05) is 7.11 Å². The summed E-state index contributed by atoms with van der Waals surface area (Å²) in [6.07, 6.45) is 2.08. The van der Waals surface area contributed by atoms with Gasteiger partial charge in [0.15, 0.2) is 6.29 Å². The summed E-state index contributed by atoms with van der Waals surface area (Å²) < 4.78 is 4.80. The summed E-state index contributed by atoms with van der Waals surface area (Å²) in [5, 5.41) is 0. The largest absolute Gasteiger partial charge is 0.480 e. The highest BCUT2D eigenvalue weighted by atomic mass is 16.5. The first-order chi connectivity index (χ1) is 5.27. The molecule has 0 saturated heterocycles. The summed E-state index contributed by atoms with van der Waals surface area (Å²) in [4.78, 5) is 18.0. The number of carbonyl (C=O) groups excluding carboxylic acids is 1. The number of aryl methyl sites for hydroxylation is 1. The molecule has 0 aliphatic rings. The Morgan fingerprint density at radius 1 is 1.64 bits per heavy atom. The first-order valence-corrected chi connectivity index (χ1v) is 3.10. The molecule has 0 amide bonds. The van der Waals surface area contributed by atoms with Crippen LogP contribution in [-0.4, -0.2) is 23.4 Å². The minimum atomic E-state index is 0.353. The Hall–Kier alpha value is -1.45. The van der Waals surface area contributed by atoms with Crippen LogP contribution in [0.3, 0.4) is 0 Å². The van der Waals surface area contributed by atoms with Crippen molar-refractivity contribution in [2.24, 2.45) is 0 Å². The topological polar surface area (TPSA) is 52.1 Å². The van der Waals surface area contributed by atoms with Gasteiger partial charge in [-0.3, -0.25) is 4.79 Å². The van der Waals surface area contributed by atoms with Crippen molar-refractivity contribution < 1.29 is 9.53 Å². The standard InChI is InChI=1S/C7H8N2O2/c1-5-6(4-10)8-3-7(9-5)11-2/h3-4H,1-2H3. The maximum absolute atomic E-state index is 10.3. The second-order valence-electron chi connectivity index (χ2n) is 2.00. The van der Waals surface area contributed by atoms with Crippen molar-refractivity contribution in [3.8, 4) is 5.88 Å². The molecule has 4 nitrogen and oxygen atoms in total. The van der Waals surface area contributed by atoms with E-state index >= 15 is 0 Å². The molecule has 0 saturated carbocycles. The van der Waals surface area contributed by atoms with Crippen molar-refractivity contribution in [1.29, 1.82) is 0 Å². The Labute approximate surface area is 64.2 Å². The quantitative estimate of drug-likeness (QED) is 0.582. The van der Waals surface area contributed by atoms with E-state index < -0.39 is 0 Å². The van der Waals surface area contributed by atoms with E-state index in [0.717, 1.165) is 0 Å². The molecule has 1 rings (SSSR count). The number of aromatic nitrogens is 2. The van der Waals surface area contributed by atoms with E-state index in [-0.39, 0.29) is 0 Å². The van der Waals surface area contributed by atoms with E-state index in [2.05, 4.69) is 9.97 Å². The smallest absolute Gasteiger partial charge is 0.232 e. The van der Waals surface area contributed by atoms with Crippen LogP contribution in [-0.2, 0) is 0 Å². The molecular formula is C7H8N2O2. The van der Waals surface area contributed by atoms with E-state index in [1.807, 2.05) is 0 Å². The van der Waals surface area contributed by atoms with Crippen LogP contribution in [0.4, 0.5) is 0 Å². The predicted molar refractivity (Wildman–Crippen MR) is 38.7 cm³/mol. The van der Waals surface area contributed by atoms with Crippen molar-refractivity contribution in [3.63, 3.8) is 0 Å². The summed E-state index contributed by atoms with van der Waals surface area (Å²) in [5.41, 5.74) is 0.935. The molecule has 11 heavy (non-hydrogen) atoms. The molecule has 58 valence electrons. The Morgan fingerprint density at radius 2 is 2.36 bits per heavy atom. The molecule has 0 atom stereocenters. The second kappa shape index (κ2) is 3.09. The molecule has 1 aromatic rings. The highest BCUT2D eigenvalue weighted by Crippen LogP contribution is 2.05. The zero-order chi connectivity index (χ0) is 8.27. The summed E-state index contributed by atoms with van der Waals surface area (Å²) in [6, 6.07) is 0. The van der Waals surface area contributed by atoms with Gasteiger partial charge in [-0.1, -0.05) is 0 Å². The minimum absolute atomic E-state index is 0.353. The van der Waals surface area contributed by atoms with Gasteiger partial charge in [-0.25, -0.2) is 9.97 Å². The Bertz CT molecular complexity index is 273. The van der Waals surface area contributed by atoms with Crippen LogP contribution in [0.1, 0.15) is 16.2 Å². The van der Waals surface area contributed by atoms with Crippen LogP contribution in [0, 0.1) is 6.92 Å². The summed E-state index contributed by atoms with van der Waals surface area (Å²) in [5.74, 6) is 0.424. The predicted octanol–water partition coefficient (Wildman–Crippen LogP) is 0.606. The van der Waals surface area contributed by atoms with Crippen molar-refractivity contribution in [2.45, 2.75) is 6.92 Å². The molecule has 1 aromatic heterocycles. The van der Waals surface area contributed by atoms with E-state index in [1.165, 1.54) is 13.3 Å². The van der Waals surface area contributed by atoms with Gasteiger partial charge >= 0.3 is 0 Å². The number of rotatable bonds is 2. The number of ether oxygens (including phenoxy) is 1. The molecule has 0 radical (unpaired) electrons. The van der Waals surface area contributed by atoms with Crippen LogP contribution in [0.5, 0.6) is 5.88 Å². The molecule has 0 spiro atoms. The molecule has 1 heterocycles. The van der Waals surface area contributed by atoms with Gasteiger partial charge in [0, 0.05) is 0 Å². The number of hydrogen-bond acceptors (Lipinski definition) is 4. The lowest BCUT2D eigenvalue weighted by Gasteiger charge is -1.99. The summed E-state index contributed by atoms with van der Waals surface area (Å²) in [7, 11) is 1.50. The number of hydrogen-bond donors (Lipinski definition) is 0. The molecule has 0 aromatic carbocycles. The van der Waals surface area contributed by atoms with Crippen LogP contribution in [0.2, 0.25) is 0 Å². The third-order valence-corrected chi connectivity index (χ3v) is 1.28. The van der Waals surface area contributed by atoms with Gasteiger partial charge < -0.3 is 4.74 Å². The summed E-state index contributed by atoms with van der Waals surface area (Å²) in [6.45, 7) is 1.71. The molecule has 0 aliphatic carbocycles. The van der Waals surface area contributed by atoms with Gasteiger partial charge in [-0.05, 0) is 6.92 Å². The molecule has 0 fully saturated rings. The van der Waals surface area contributed by atoms with Crippen LogP contribution in [0.15, 0.2) is 6.20 Å². The maximum atomic E-state index is 10.3. The molecular weight excluding hydrogens is 144 g/mol. The monoisotopic (exact) mass is 152 g/mol. The van der Waals surface area contributed by atoms with Crippen LogP contribution >= 0.6 is 0 Å². The van der Waals surface area contributed by atoms with E-state index in [4.69, 9.17) is 4.74 Å². The number of aldehydes is 1. The second-order valence-corrected chi connectivity index (χ2v) is 2.00. The highest BCUT2D eigenvalue weighted by Gasteiger charge is 2.00. The van der Waals surface area contributed by atoms with Crippen LogP contribution in [0.25, 0.3) is 0 Å². The van der Waals surface area contributed by atoms with Crippen LogP contribution < -0.4 is 4.74 Å². The SMILES string of the molecule is COc1cnc(C=O)c(C)n1. The maximum Gasteiger partial charge on any atom is 0.232 e. The van der Waals surface area contributed by atoms with Crippen molar-refractivity contribution >= 4 is 6.29 Å². The highest BCUT2D eigenvalue weighted by molar-refractivity contribution is 5.73. The van der Waals surface area contributed by atoms with Gasteiger partial charge in [-0.15, -0.1) is 0 Å². The van der Waals surface area contributed by atoms with Gasteiger partial charge in [-0.2, -0.15) is 0 Å². The van der Waals surface area contributed by atoms with E-state index in [1.54, 1.807) is 6.92 Å². The number of nitrogens with zero attached hydrogens (tertiary/aromatic N) is 2. The Kier molecular flexibility index (Phi) is 2.15. The zero-order valence-corrected chi connectivity index (χ0v) is 6.37. The molecule has 0 unspecified atom stereocenters. The Balaban J connectivity index is 3.09. The third kappa shape index (κ3) is 1.52. The first-order valence-electron chi connectivity index (χ1n) is 3.10. The zero-order valence-electron chi connectivity index (χ0n) is 6.37. The number of carbonyl (C=O) groups is 1. The molecule has 0 aliphatic heterocycles. The van der Waals surface area contributed by atoms with Crippen molar-refractivity contribution in [1.82, 2.24) is 9.97 Å². The lowest BCUT2D eigenvalue weighted by molar-refractivity contribution is 0.111. The fourth-order valence-electron chi connectivity index (χ4n) is 0.684. The fourth-order valence-corrected chi connectivity index (χ4v) is 0.684. The van der Waals surface area contributed by atoms with Gasteiger partial charge in [0.05, 0.1) is 19.0 Å². The summed E-state index contributed by atoms with van der Waals surface area (Å²) >= 11 is 0. The Morgan fingerprint density at radius 3 is 2.82 bits per heavy atom. The minimum Gasteiger partial charge on any atom is -0.480 e. The molecule has 4 heteroatoms. The van der Waals surface area contributed by atoms with E-state index in [9.17, 15) is 4.79 Å². The average molecular weight is 152 g/mol. The molecule has 0 bridgehead atoms. The van der Waals surface area contributed by atoms with Crippen molar-refractivity contribution in [3.05, 3.63) is 17.6 Å². The average Bonchev–Trinajstić information content (AvgIpc) is 2.04. The normalized spacial score (nSPS) is 9.27. The lowest BCUT2D eigenvalue weighted by atomic mass is 10.3.